The molecule has 126 valence electrons. The highest BCUT2D eigenvalue weighted by atomic mass is 16.5. The van der Waals surface area contributed by atoms with Crippen LogP contribution in [0.2, 0.25) is 0 Å². The number of aromatic nitrogens is 3. The molecule has 2 fully saturated rings. The van der Waals surface area contributed by atoms with Crippen molar-refractivity contribution in [3.05, 3.63) is 12.7 Å². The fourth-order valence-electron chi connectivity index (χ4n) is 3.68. The van der Waals surface area contributed by atoms with Gasteiger partial charge >= 0.3 is 5.97 Å². The van der Waals surface area contributed by atoms with Crippen LogP contribution in [0.1, 0.15) is 25.7 Å². The molecule has 8 heteroatoms. The van der Waals surface area contributed by atoms with Gasteiger partial charge in [-0.15, -0.1) is 0 Å². The lowest BCUT2D eigenvalue weighted by Crippen LogP contribution is -2.40. The molecule has 2 aliphatic heterocycles. The molecule has 23 heavy (non-hydrogen) atoms. The summed E-state index contributed by atoms with van der Waals surface area (Å²) in [7, 11) is 0. The Hall–Kier alpha value is -1.96. The average Bonchev–Trinajstić information content (AvgIpc) is 3.16. The molecule has 1 spiro atoms. The highest BCUT2D eigenvalue weighted by Gasteiger charge is 2.51. The van der Waals surface area contributed by atoms with E-state index in [1.165, 1.54) is 6.33 Å². The zero-order valence-electron chi connectivity index (χ0n) is 13.1. The molecule has 2 aliphatic rings. The molecule has 3 heterocycles. The molecule has 1 N–H and O–H groups in total. The Bertz CT molecular complexity index is 554. The van der Waals surface area contributed by atoms with Crippen molar-refractivity contribution in [3.63, 3.8) is 0 Å². The Morgan fingerprint density at radius 3 is 2.78 bits per heavy atom. The van der Waals surface area contributed by atoms with Crippen LogP contribution in [0.4, 0.5) is 0 Å². The molecule has 0 radical (unpaired) electrons. The Morgan fingerprint density at radius 2 is 2.13 bits per heavy atom. The van der Waals surface area contributed by atoms with E-state index in [4.69, 9.17) is 4.74 Å². The van der Waals surface area contributed by atoms with Crippen LogP contribution in [-0.4, -0.2) is 63.0 Å². The fourth-order valence-corrected chi connectivity index (χ4v) is 3.68. The zero-order valence-corrected chi connectivity index (χ0v) is 13.1. The van der Waals surface area contributed by atoms with Gasteiger partial charge in [-0.05, 0) is 19.3 Å². The topological polar surface area (TPSA) is 97.6 Å². The summed E-state index contributed by atoms with van der Waals surface area (Å²) in [6.45, 7) is 2.66. The van der Waals surface area contributed by atoms with E-state index in [-0.39, 0.29) is 11.3 Å². The molecule has 0 aliphatic carbocycles. The first-order valence-electron chi connectivity index (χ1n) is 8.01. The molecule has 0 aromatic carbocycles. The molecular formula is C15H22N4O4. The summed E-state index contributed by atoms with van der Waals surface area (Å²) in [6.07, 6.45) is 5.59. The molecule has 1 aromatic heterocycles. The van der Waals surface area contributed by atoms with Gasteiger partial charge in [-0.2, -0.15) is 5.10 Å². The molecule has 8 nitrogen and oxygen atoms in total. The predicted octanol–water partition coefficient (Wildman–Crippen LogP) is 0.398. The summed E-state index contributed by atoms with van der Waals surface area (Å²) < 4.78 is 7.07. The number of amides is 1. The number of nitrogens with zero attached hydrogens (tertiary/aromatic N) is 4. The molecular weight excluding hydrogens is 300 g/mol. The minimum Gasteiger partial charge on any atom is -0.481 e. The number of hydrogen-bond donors (Lipinski definition) is 1. The van der Waals surface area contributed by atoms with Crippen molar-refractivity contribution >= 4 is 11.9 Å². The third-order valence-electron chi connectivity index (χ3n) is 5.03. The number of carboxylic acids is 1. The number of carboxylic acid groups (broad SMARTS) is 1. The number of aryl methyl sites for hydroxylation is 1. The van der Waals surface area contributed by atoms with Gasteiger partial charge in [0.2, 0.25) is 5.91 Å². The van der Waals surface area contributed by atoms with Crippen LogP contribution in [0.15, 0.2) is 12.7 Å². The molecule has 1 aromatic rings. The summed E-state index contributed by atoms with van der Waals surface area (Å²) in [6, 6.07) is 0. The quantitative estimate of drug-likeness (QED) is 0.842. The molecule has 0 bridgehead atoms. The van der Waals surface area contributed by atoms with Gasteiger partial charge < -0.3 is 14.7 Å². The Labute approximate surface area is 134 Å². The zero-order chi connectivity index (χ0) is 16.3. The van der Waals surface area contributed by atoms with E-state index >= 15 is 0 Å². The van der Waals surface area contributed by atoms with Crippen LogP contribution in [0.3, 0.4) is 0 Å². The van der Waals surface area contributed by atoms with Crippen molar-refractivity contribution in [2.45, 2.75) is 32.2 Å². The Balaban J connectivity index is 1.57. The molecule has 1 amide bonds. The van der Waals surface area contributed by atoms with Crippen LogP contribution >= 0.6 is 0 Å². The number of rotatable bonds is 5. The van der Waals surface area contributed by atoms with E-state index in [1.54, 1.807) is 15.9 Å². The van der Waals surface area contributed by atoms with E-state index in [0.29, 0.717) is 58.5 Å². The van der Waals surface area contributed by atoms with Crippen LogP contribution in [-0.2, 0) is 20.9 Å². The maximum Gasteiger partial charge on any atom is 0.308 e. The fraction of sp³-hybridized carbons (Fsp3) is 0.733. The summed E-state index contributed by atoms with van der Waals surface area (Å²) in [4.78, 5) is 29.6. The van der Waals surface area contributed by atoms with Gasteiger partial charge in [0.1, 0.15) is 12.7 Å². The van der Waals surface area contributed by atoms with Crippen LogP contribution in [0.5, 0.6) is 0 Å². The van der Waals surface area contributed by atoms with E-state index in [1.807, 2.05) is 0 Å². The normalized spacial score (nSPS) is 23.3. The number of ether oxygens (including phenoxy) is 1. The third-order valence-corrected chi connectivity index (χ3v) is 5.03. The first-order valence-corrected chi connectivity index (χ1v) is 8.01. The van der Waals surface area contributed by atoms with Crippen molar-refractivity contribution in [3.8, 4) is 0 Å². The van der Waals surface area contributed by atoms with E-state index < -0.39 is 11.9 Å². The highest BCUT2D eigenvalue weighted by Crippen LogP contribution is 2.44. The molecule has 2 saturated heterocycles. The maximum atomic E-state index is 12.4. The average molecular weight is 322 g/mol. The highest BCUT2D eigenvalue weighted by molar-refractivity contribution is 5.79. The molecule has 1 unspecified atom stereocenters. The second-order valence-electron chi connectivity index (χ2n) is 6.40. The van der Waals surface area contributed by atoms with E-state index in [9.17, 15) is 14.7 Å². The summed E-state index contributed by atoms with van der Waals surface area (Å²) >= 11 is 0. The Morgan fingerprint density at radius 1 is 1.35 bits per heavy atom. The van der Waals surface area contributed by atoms with Gasteiger partial charge in [-0.25, -0.2) is 4.98 Å². The number of hydrogen-bond acceptors (Lipinski definition) is 5. The van der Waals surface area contributed by atoms with Crippen LogP contribution in [0, 0.1) is 11.3 Å². The monoisotopic (exact) mass is 322 g/mol. The number of carbonyl (C=O) groups excluding carboxylic acids is 1. The van der Waals surface area contributed by atoms with Crippen molar-refractivity contribution in [1.82, 2.24) is 19.7 Å². The summed E-state index contributed by atoms with van der Waals surface area (Å²) in [5, 5.41) is 13.5. The minimum atomic E-state index is -0.801. The first-order chi connectivity index (χ1) is 11.1. The largest absolute Gasteiger partial charge is 0.481 e. The summed E-state index contributed by atoms with van der Waals surface area (Å²) in [5.74, 6) is -1.25. The second kappa shape index (κ2) is 6.66. The van der Waals surface area contributed by atoms with Crippen molar-refractivity contribution in [2.75, 3.05) is 26.3 Å². The second-order valence-corrected chi connectivity index (χ2v) is 6.40. The minimum absolute atomic E-state index is 0.0275. The van der Waals surface area contributed by atoms with E-state index in [2.05, 4.69) is 10.1 Å². The molecule has 0 saturated carbocycles. The first kappa shape index (κ1) is 15.9. The Kier molecular flexibility index (Phi) is 4.61. The lowest BCUT2D eigenvalue weighted by atomic mass is 9.72. The number of carbonyl (C=O) groups is 2. The summed E-state index contributed by atoms with van der Waals surface area (Å²) in [5.41, 5.74) is -0.314. The molecule has 3 rings (SSSR count). The van der Waals surface area contributed by atoms with Gasteiger partial charge in [0.15, 0.2) is 0 Å². The van der Waals surface area contributed by atoms with Gasteiger partial charge in [-0.1, -0.05) is 0 Å². The van der Waals surface area contributed by atoms with Gasteiger partial charge in [0, 0.05) is 44.7 Å². The predicted molar refractivity (Wildman–Crippen MR) is 79.4 cm³/mol. The SMILES string of the molecule is O=C(O)C1CN(C(=O)CCCn2cncn2)CC12CCOCC2. The number of aliphatic carboxylic acids is 1. The lowest BCUT2D eigenvalue weighted by molar-refractivity contribution is -0.146. The molecule has 1 atom stereocenters. The van der Waals surface area contributed by atoms with Crippen LogP contribution < -0.4 is 0 Å². The maximum absolute atomic E-state index is 12.4. The van der Waals surface area contributed by atoms with Gasteiger partial charge in [0.05, 0.1) is 5.92 Å². The van der Waals surface area contributed by atoms with Crippen molar-refractivity contribution in [2.24, 2.45) is 11.3 Å². The third kappa shape index (κ3) is 3.36. The van der Waals surface area contributed by atoms with Gasteiger partial charge in [-0.3, -0.25) is 14.3 Å². The smallest absolute Gasteiger partial charge is 0.308 e. The van der Waals surface area contributed by atoms with Crippen LogP contribution in [0.25, 0.3) is 0 Å². The lowest BCUT2D eigenvalue weighted by Gasteiger charge is -2.36. The number of likely N-dealkylation sites (tertiary alicyclic amines) is 1. The standard InChI is InChI=1S/C15H22N4O4/c20-13(2-1-5-19-11-16-10-17-19)18-8-12(14(21)22)15(9-18)3-6-23-7-4-15/h10-12H,1-9H2,(H,21,22). The van der Waals surface area contributed by atoms with Crippen molar-refractivity contribution in [1.29, 1.82) is 0 Å². The van der Waals surface area contributed by atoms with Gasteiger partial charge in [0.25, 0.3) is 0 Å². The van der Waals surface area contributed by atoms with E-state index in [0.717, 1.165) is 0 Å². The van der Waals surface area contributed by atoms with Crippen molar-refractivity contribution < 1.29 is 19.4 Å².